The molecule has 0 fully saturated rings. The highest BCUT2D eigenvalue weighted by atomic mass is 31.2. The van der Waals surface area contributed by atoms with Gasteiger partial charge in [0.05, 0.1) is 33.0 Å². The number of hydrogen-bond donors (Lipinski definition) is 4. The molecule has 15 heteroatoms. The largest absolute Gasteiger partial charge is 0.472 e. The molecule has 0 amide bonds. The summed E-state index contributed by atoms with van der Waals surface area (Å²) in [6.07, 6.45) is 26.8. The molecule has 0 aromatic rings. The van der Waals surface area contributed by atoms with Crippen LogP contribution in [0.4, 0.5) is 0 Å². The lowest BCUT2D eigenvalue weighted by Crippen LogP contribution is -1.99. The smallest absolute Gasteiger partial charge is 0.303 e. The van der Waals surface area contributed by atoms with Crippen LogP contribution in [0.5, 0.6) is 0 Å². The summed E-state index contributed by atoms with van der Waals surface area (Å²) in [4.78, 5) is 35.3. The van der Waals surface area contributed by atoms with E-state index in [1.54, 1.807) is 6.92 Å². The van der Waals surface area contributed by atoms with Crippen molar-refractivity contribution in [1.82, 2.24) is 0 Å². The third-order valence-electron chi connectivity index (χ3n) is 7.31. The molecule has 300 valence electrons. The Hall–Kier alpha value is 0.330. The van der Waals surface area contributed by atoms with Crippen molar-refractivity contribution in [3.05, 3.63) is 0 Å². The van der Waals surface area contributed by atoms with Crippen LogP contribution in [-0.2, 0) is 36.3 Å². The second-order valence-electron chi connectivity index (χ2n) is 12.2. The third-order valence-corrected chi connectivity index (χ3v) is 9.94. The van der Waals surface area contributed by atoms with Gasteiger partial charge in [-0.3, -0.25) is 22.6 Å². The van der Waals surface area contributed by atoms with Crippen molar-refractivity contribution in [3.63, 3.8) is 0 Å². The monoisotopic (exact) mass is 770 g/mol. The maximum absolute atomic E-state index is 11.6. The van der Waals surface area contributed by atoms with Crippen LogP contribution in [0, 0.1) is 0 Å². The van der Waals surface area contributed by atoms with Gasteiger partial charge in [0.15, 0.2) is 0 Å². The van der Waals surface area contributed by atoms with Gasteiger partial charge in [-0.05, 0) is 32.6 Å². The first kappa shape index (κ1) is 53.7. The van der Waals surface area contributed by atoms with Gasteiger partial charge in [0, 0.05) is 0 Å². The zero-order valence-electron chi connectivity index (χ0n) is 31.9. The molecule has 12 nitrogen and oxygen atoms in total. The second-order valence-corrected chi connectivity index (χ2v) is 16.4. The van der Waals surface area contributed by atoms with Crippen LogP contribution in [0.3, 0.4) is 0 Å². The third kappa shape index (κ3) is 52.8. The Bertz CT molecular complexity index is 776. The van der Waals surface area contributed by atoms with E-state index < -0.39 is 23.5 Å². The van der Waals surface area contributed by atoms with Gasteiger partial charge in [-0.15, -0.1) is 0 Å². The van der Waals surface area contributed by atoms with E-state index in [0.717, 1.165) is 57.8 Å². The summed E-state index contributed by atoms with van der Waals surface area (Å²) >= 11 is 0. The second kappa shape index (κ2) is 39.5. The van der Waals surface area contributed by atoms with E-state index in [1.165, 1.54) is 96.3 Å². The molecule has 0 heterocycles. The molecule has 0 saturated carbocycles. The van der Waals surface area contributed by atoms with E-state index in [-0.39, 0.29) is 13.2 Å². The zero-order chi connectivity index (χ0) is 37.5. The predicted molar refractivity (Wildman–Crippen MR) is 201 cm³/mol. The Morgan fingerprint density at radius 3 is 0.796 bits per heavy atom. The number of unbranched alkanes of at least 4 members (excludes halogenated alkanes) is 20. The predicted octanol–water partition coefficient (Wildman–Crippen LogP) is 11.8. The van der Waals surface area contributed by atoms with Crippen molar-refractivity contribution in [3.8, 4) is 0 Å². The molecule has 0 rings (SSSR count). The van der Waals surface area contributed by atoms with Crippen molar-refractivity contribution in [2.45, 2.75) is 189 Å². The highest BCUT2D eigenvalue weighted by Gasteiger charge is 2.20. The summed E-state index contributed by atoms with van der Waals surface area (Å²) in [5, 5.41) is 0. The van der Waals surface area contributed by atoms with E-state index in [9.17, 15) is 18.6 Å². The average molecular weight is 771 g/mol. The Kier molecular flexibility index (Phi) is 43.3. The van der Waals surface area contributed by atoms with Crippen LogP contribution < -0.4 is 0 Å². The van der Waals surface area contributed by atoms with Crippen LogP contribution in [0.15, 0.2) is 0 Å². The van der Waals surface area contributed by atoms with Gasteiger partial charge in [0.2, 0.25) is 0 Å². The highest BCUT2D eigenvalue weighted by Crippen LogP contribution is 2.44. The standard InChI is InChI=1S/C16H35O4P.C10H23O4P.C8H19O4P/c1-3-5-7-9-11-13-15-19-21(17,18)20-16-14-12-10-8-6-4-2;1-3-5-6-7-8-9-10-14-15(11,12)13-4-2;1-2-3-4-5-6-7-8-12-13(9,10)11/h3-16H2,1-2H3,(H,17,18);3-10H2,1-2H3,(H,11,12);2-8H2,1H3,(H2,9,10,11). The Morgan fingerprint density at radius 2 is 0.551 bits per heavy atom. The molecule has 0 spiro atoms. The van der Waals surface area contributed by atoms with Crippen LogP contribution in [0.1, 0.15) is 189 Å². The van der Waals surface area contributed by atoms with Gasteiger partial charge in [-0.1, -0.05) is 156 Å². The fourth-order valence-corrected chi connectivity index (χ4v) is 6.41. The Balaban J connectivity index is -0.000000671. The van der Waals surface area contributed by atoms with Crippen molar-refractivity contribution in [2.24, 2.45) is 0 Å². The first-order valence-electron chi connectivity index (χ1n) is 19.2. The van der Waals surface area contributed by atoms with Gasteiger partial charge in [0.25, 0.3) is 0 Å². The van der Waals surface area contributed by atoms with Crippen molar-refractivity contribution >= 4 is 23.5 Å². The Labute approximate surface area is 300 Å². The molecule has 0 saturated heterocycles. The SMILES string of the molecule is CCCCCCCCOP(=O)(O)O.CCCCCCCCOP(=O)(O)OCC.CCCCCCCCOP(=O)(O)OCCCCCCCC. The molecule has 0 aromatic carbocycles. The quantitative estimate of drug-likeness (QED) is 0.0360. The Morgan fingerprint density at radius 1 is 0.327 bits per heavy atom. The van der Waals surface area contributed by atoms with E-state index in [0.29, 0.717) is 19.8 Å². The first-order chi connectivity index (χ1) is 23.3. The topological polar surface area (TPSA) is 178 Å². The minimum atomic E-state index is -4.23. The average Bonchev–Trinajstić information content (AvgIpc) is 3.03. The van der Waals surface area contributed by atoms with Gasteiger partial charge in [0.1, 0.15) is 0 Å². The molecule has 0 aliphatic heterocycles. The highest BCUT2D eigenvalue weighted by molar-refractivity contribution is 7.47. The lowest BCUT2D eigenvalue weighted by atomic mass is 10.1. The molecule has 4 N–H and O–H groups in total. The fourth-order valence-electron chi connectivity index (χ4n) is 4.49. The molecular formula is C34H77O12P3. The summed E-state index contributed by atoms with van der Waals surface area (Å²) in [6.45, 7) is 11.7. The molecule has 0 aliphatic carbocycles. The summed E-state index contributed by atoms with van der Waals surface area (Å²) < 4.78 is 56.5. The fraction of sp³-hybridized carbons (Fsp3) is 1.00. The summed E-state index contributed by atoms with van der Waals surface area (Å²) in [7, 11) is -11.8. The summed E-state index contributed by atoms with van der Waals surface area (Å²) in [5.74, 6) is 0. The normalized spacial score (nSPS) is 12.9. The molecule has 1 unspecified atom stereocenters. The minimum absolute atomic E-state index is 0.163. The van der Waals surface area contributed by atoms with E-state index in [1.807, 2.05) is 0 Å². The summed E-state index contributed by atoms with van der Waals surface area (Å²) in [5.41, 5.74) is 0. The molecule has 0 bridgehead atoms. The van der Waals surface area contributed by atoms with Gasteiger partial charge >= 0.3 is 23.5 Å². The van der Waals surface area contributed by atoms with E-state index in [2.05, 4.69) is 36.7 Å². The molecule has 0 aromatic heterocycles. The number of rotatable bonds is 34. The maximum Gasteiger partial charge on any atom is 0.472 e. The first-order valence-corrected chi connectivity index (χ1v) is 23.8. The number of phosphoric ester groups is 3. The van der Waals surface area contributed by atoms with Crippen molar-refractivity contribution in [1.29, 1.82) is 0 Å². The molecule has 1 atom stereocenters. The number of hydrogen-bond acceptors (Lipinski definition) is 8. The zero-order valence-corrected chi connectivity index (χ0v) is 34.6. The van der Waals surface area contributed by atoms with Crippen LogP contribution in [0.25, 0.3) is 0 Å². The van der Waals surface area contributed by atoms with Crippen LogP contribution in [-0.4, -0.2) is 52.6 Å². The lowest BCUT2D eigenvalue weighted by Gasteiger charge is -2.12. The van der Waals surface area contributed by atoms with Gasteiger partial charge in [-0.25, -0.2) is 13.7 Å². The van der Waals surface area contributed by atoms with E-state index in [4.69, 9.17) is 28.3 Å². The van der Waals surface area contributed by atoms with Gasteiger partial charge in [-0.2, -0.15) is 0 Å². The maximum atomic E-state index is 11.6. The summed E-state index contributed by atoms with van der Waals surface area (Å²) in [6, 6.07) is 0. The minimum Gasteiger partial charge on any atom is -0.303 e. The van der Waals surface area contributed by atoms with Crippen LogP contribution >= 0.6 is 23.5 Å². The molecule has 0 aliphatic rings. The van der Waals surface area contributed by atoms with Gasteiger partial charge < -0.3 is 19.6 Å². The molecule has 49 heavy (non-hydrogen) atoms. The van der Waals surface area contributed by atoms with E-state index >= 15 is 0 Å². The van der Waals surface area contributed by atoms with Crippen molar-refractivity contribution < 1.29 is 55.9 Å². The molecule has 0 radical (unpaired) electrons. The van der Waals surface area contributed by atoms with Crippen molar-refractivity contribution in [2.75, 3.05) is 33.0 Å². The molecular weight excluding hydrogens is 693 g/mol. The number of phosphoric acid groups is 3. The lowest BCUT2D eigenvalue weighted by molar-refractivity contribution is 0.145. The van der Waals surface area contributed by atoms with Crippen LogP contribution in [0.2, 0.25) is 0 Å².